The first kappa shape index (κ1) is 20.9. The molecule has 0 rings (SSSR count). The maximum absolute atomic E-state index is 11.7. The molecule has 0 radical (unpaired) electrons. The number of carbonyl (C=O) groups is 2. The quantitative estimate of drug-likeness (QED) is 0.367. The molecule has 0 aliphatic heterocycles. The van der Waals surface area contributed by atoms with Crippen molar-refractivity contribution in [2.75, 3.05) is 6.61 Å². The van der Waals surface area contributed by atoms with Gasteiger partial charge in [0.2, 0.25) is 0 Å². The fourth-order valence-electron chi connectivity index (χ4n) is 2.26. The molecular formula is C18H34O4. The third-order valence-corrected chi connectivity index (χ3v) is 3.70. The lowest BCUT2D eigenvalue weighted by Crippen LogP contribution is -2.22. The summed E-state index contributed by atoms with van der Waals surface area (Å²) in [6.07, 6.45) is 7.58. The van der Waals surface area contributed by atoms with Crippen molar-refractivity contribution < 1.29 is 19.1 Å². The van der Waals surface area contributed by atoms with Crippen molar-refractivity contribution in [2.24, 2.45) is 5.92 Å². The Balaban J connectivity index is 3.60. The Morgan fingerprint density at radius 1 is 0.864 bits per heavy atom. The second-order valence-electron chi connectivity index (χ2n) is 6.17. The Bertz CT molecular complexity index is 299. The van der Waals surface area contributed by atoms with E-state index in [-0.39, 0.29) is 24.5 Å². The van der Waals surface area contributed by atoms with Gasteiger partial charge in [0.05, 0.1) is 6.61 Å². The molecule has 0 aliphatic rings. The van der Waals surface area contributed by atoms with E-state index in [4.69, 9.17) is 9.47 Å². The number of esters is 2. The van der Waals surface area contributed by atoms with Crippen LogP contribution in [0.4, 0.5) is 0 Å². The summed E-state index contributed by atoms with van der Waals surface area (Å²) in [6, 6.07) is 0. The van der Waals surface area contributed by atoms with Gasteiger partial charge in [0.15, 0.2) is 0 Å². The van der Waals surface area contributed by atoms with Crippen molar-refractivity contribution in [1.29, 1.82) is 0 Å². The van der Waals surface area contributed by atoms with E-state index >= 15 is 0 Å². The van der Waals surface area contributed by atoms with Crippen molar-refractivity contribution in [3.8, 4) is 0 Å². The zero-order chi connectivity index (χ0) is 16.8. The predicted molar refractivity (Wildman–Crippen MR) is 88.6 cm³/mol. The van der Waals surface area contributed by atoms with Crippen molar-refractivity contribution in [3.05, 3.63) is 0 Å². The lowest BCUT2D eigenvalue weighted by Gasteiger charge is -2.19. The molecule has 0 aromatic rings. The SMILES string of the molecule is CCCCCCCOC(=O)CCCC(=O)OC(CC)C(C)C. The Morgan fingerprint density at radius 3 is 2.09 bits per heavy atom. The maximum atomic E-state index is 11.7. The summed E-state index contributed by atoms with van der Waals surface area (Å²) in [5, 5.41) is 0. The van der Waals surface area contributed by atoms with Gasteiger partial charge in [0.1, 0.15) is 6.10 Å². The number of rotatable bonds is 13. The minimum Gasteiger partial charge on any atom is -0.466 e. The van der Waals surface area contributed by atoms with Crippen LogP contribution in [0, 0.1) is 5.92 Å². The summed E-state index contributed by atoms with van der Waals surface area (Å²) in [4.78, 5) is 23.2. The maximum Gasteiger partial charge on any atom is 0.306 e. The molecule has 0 saturated carbocycles. The number of ether oxygens (including phenoxy) is 2. The van der Waals surface area contributed by atoms with Crippen molar-refractivity contribution in [1.82, 2.24) is 0 Å². The molecule has 0 aliphatic carbocycles. The largest absolute Gasteiger partial charge is 0.466 e. The first-order valence-electron chi connectivity index (χ1n) is 8.86. The van der Waals surface area contributed by atoms with E-state index in [0.29, 0.717) is 25.4 Å². The predicted octanol–water partition coefficient (Wildman–Crippen LogP) is 4.65. The molecule has 1 atom stereocenters. The molecule has 0 spiro atoms. The molecule has 0 aromatic carbocycles. The third kappa shape index (κ3) is 11.6. The van der Waals surface area contributed by atoms with Gasteiger partial charge in [-0.05, 0) is 25.2 Å². The van der Waals surface area contributed by atoms with Crippen LogP contribution < -0.4 is 0 Å². The molecule has 1 unspecified atom stereocenters. The monoisotopic (exact) mass is 314 g/mol. The van der Waals surface area contributed by atoms with Crippen LogP contribution in [0.25, 0.3) is 0 Å². The van der Waals surface area contributed by atoms with Crippen LogP contribution in [-0.2, 0) is 19.1 Å². The third-order valence-electron chi connectivity index (χ3n) is 3.70. The van der Waals surface area contributed by atoms with E-state index in [9.17, 15) is 9.59 Å². The lowest BCUT2D eigenvalue weighted by atomic mass is 10.1. The second kappa shape index (κ2) is 13.6. The average molecular weight is 314 g/mol. The van der Waals surface area contributed by atoms with Gasteiger partial charge in [-0.2, -0.15) is 0 Å². The fourth-order valence-corrected chi connectivity index (χ4v) is 2.26. The Labute approximate surface area is 135 Å². The smallest absolute Gasteiger partial charge is 0.306 e. The Morgan fingerprint density at radius 2 is 1.50 bits per heavy atom. The standard InChI is InChI=1S/C18H34O4/c1-5-7-8-9-10-14-21-17(19)12-11-13-18(20)22-16(6-2)15(3)4/h15-16H,5-14H2,1-4H3. The van der Waals surface area contributed by atoms with Crippen LogP contribution in [0.15, 0.2) is 0 Å². The Hall–Kier alpha value is -1.06. The summed E-state index contributed by atoms with van der Waals surface area (Å²) >= 11 is 0. The highest BCUT2D eigenvalue weighted by Crippen LogP contribution is 2.12. The normalized spacial score (nSPS) is 12.2. The van der Waals surface area contributed by atoms with Crippen LogP contribution in [0.5, 0.6) is 0 Å². The molecule has 4 nitrogen and oxygen atoms in total. The van der Waals surface area contributed by atoms with Crippen molar-refractivity contribution in [3.63, 3.8) is 0 Å². The molecule has 4 heteroatoms. The van der Waals surface area contributed by atoms with Crippen LogP contribution in [0.3, 0.4) is 0 Å². The molecule has 22 heavy (non-hydrogen) atoms. The topological polar surface area (TPSA) is 52.6 Å². The van der Waals surface area contributed by atoms with Crippen molar-refractivity contribution >= 4 is 11.9 Å². The minimum atomic E-state index is -0.215. The van der Waals surface area contributed by atoms with Gasteiger partial charge < -0.3 is 9.47 Å². The summed E-state index contributed by atoms with van der Waals surface area (Å²) in [5.41, 5.74) is 0. The van der Waals surface area contributed by atoms with Gasteiger partial charge in [-0.15, -0.1) is 0 Å². The molecule has 0 saturated heterocycles. The van der Waals surface area contributed by atoms with Gasteiger partial charge in [-0.25, -0.2) is 0 Å². The van der Waals surface area contributed by atoms with Crippen LogP contribution in [0.2, 0.25) is 0 Å². The summed E-state index contributed by atoms with van der Waals surface area (Å²) in [6.45, 7) is 8.77. The molecule has 0 fully saturated rings. The van der Waals surface area contributed by atoms with Gasteiger partial charge in [0.25, 0.3) is 0 Å². The highest BCUT2D eigenvalue weighted by Gasteiger charge is 2.16. The van der Waals surface area contributed by atoms with E-state index in [1.807, 2.05) is 20.8 Å². The van der Waals surface area contributed by atoms with E-state index in [2.05, 4.69) is 6.92 Å². The molecule has 0 amide bonds. The number of hydrogen-bond acceptors (Lipinski definition) is 4. The average Bonchev–Trinajstić information content (AvgIpc) is 2.48. The van der Waals surface area contributed by atoms with Gasteiger partial charge in [-0.3, -0.25) is 9.59 Å². The molecule has 130 valence electrons. The molecule has 0 heterocycles. The van der Waals surface area contributed by atoms with Gasteiger partial charge >= 0.3 is 11.9 Å². The summed E-state index contributed by atoms with van der Waals surface area (Å²) in [5.74, 6) is -0.0984. The summed E-state index contributed by atoms with van der Waals surface area (Å²) < 4.78 is 10.5. The van der Waals surface area contributed by atoms with E-state index in [0.717, 1.165) is 19.3 Å². The highest BCUT2D eigenvalue weighted by atomic mass is 16.5. The molecule has 0 N–H and O–H groups in total. The fraction of sp³-hybridized carbons (Fsp3) is 0.889. The molecular weight excluding hydrogens is 280 g/mol. The minimum absolute atomic E-state index is 0.0254. The van der Waals surface area contributed by atoms with Crippen LogP contribution in [0.1, 0.15) is 85.5 Å². The lowest BCUT2D eigenvalue weighted by molar-refractivity contribution is -0.151. The van der Waals surface area contributed by atoms with E-state index < -0.39 is 0 Å². The van der Waals surface area contributed by atoms with Gasteiger partial charge in [-0.1, -0.05) is 53.4 Å². The second-order valence-corrected chi connectivity index (χ2v) is 6.17. The number of carbonyl (C=O) groups excluding carboxylic acids is 2. The van der Waals surface area contributed by atoms with E-state index in [1.165, 1.54) is 19.3 Å². The first-order chi connectivity index (χ1) is 10.5. The molecule has 0 aromatic heterocycles. The summed E-state index contributed by atoms with van der Waals surface area (Å²) in [7, 11) is 0. The zero-order valence-corrected chi connectivity index (χ0v) is 14.9. The van der Waals surface area contributed by atoms with Crippen molar-refractivity contribution in [2.45, 2.75) is 91.6 Å². The Kier molecular flexibility index (Phi) is 12.9. The number of hydrogen-bond donors (Lipinski definition) is 0. The van der Waals surface area contributed by atoms with Crippen LogP contribution >= 0.6 is 0 Å². The van der Waals surface area contributed by atoms with E-state index in [1.54, 1.807) is 0 Å². The highest BCUT2D eigenvalue weighted by molar-refractivity contribution is 5.72. The zero-order valence-electron chi connectivity index (χ0n) is 14.9. The molecule has 0 bridgehead atoms. The van der Waals surface area contributed by atoms with Gasteiger partial charge in [0, 0.05) is 12.8 Å². The first-order valence-corrected chi connectivity index (χ1v) is 8.86. The number of unbranched alkanes of at least 4 members (excludes halogenated alkanes) is 4. The van der Waals surface area contributed by atoms with Crippen LogP contribution in [-0.4, -0.2) is 24.6 Å².